The highest BCUT2D eigenvalue weighted by molar-refractivity contribution is 14.0. The molecule has 5 nitrogen and oxygen atoms in total. The Kier molecular flexibility index (Phi) is 9.06. The van der Waals surface area contributed by atoms with Crippen LogP contribution in [0.5, 0.6) is 0 Å². The van der Waals surface area contributed by atoms with Crippen LogP contribution in [-0.4, -0.2) is 61.6 Å². The van der Waals surface area contributed by atoms with Crippen LogP contribution >= 0.6 is 24.0 Å². The van der Waals surface area contributed by atoms with E-state index in [1.54, 1.807) is 0 Å². The molecule has 0 aromatic heterocycles. The van der Waals surface area contributed by atoms with E-state index in [1.807, 2.05) is 7.05 Å². The van der Waals surface area contributed by atoms with Gasteiger partial charge < -0.3 is 10.6 Å². The van der Waals surface area contributed by atoms with E-state index in [4.69, 9.17) is 0 Å². The molecular weight excluding hydrogens is 473 g/mol. The Morgan fingerprint density at radius 2 is 1.72 bits per heavy atom. The van der Waals surface area contributed by atoms with Gasteiger partial charge in [0.2, 0.25) is 0 Å². The van der Waals surface area contributed by atoms with Crippen molar-refractivity contribution >= 4 is 29.9 Å². The van der Waals surface area contributed by atoms with Gasteiger partial charge in [0.15, 0.2) is 5.96 Å². The molecule has 0 radical (unpaired) electrons. The lowest BCUT2D eigenvalue weighted by molar-refractivity contribution is 0.256. The number of hydrogen-bond donors (Lipinski definition) is 2. The zero-order valence-electron chi connectivity index (χ0n) is 17.9. The van der Waals surface area contributed by atoms with Crippen molar-refractivity contribution in [3.8, 4) is 0 Å². The number of guanidine groups is 1. The molecule has 162 valence electrons. The van der Waals surface area contributed by atoms with E-state index in [-0.39, 0.29) is 24.0 Å². The van der Waals surface area contributed by atoms with Gasteiger partial charge in [-0.1, -0.05) is 24.3 Å². The van der Waals surface area contributed by atoms with Crippen LogP contribution in [0.4, 0.5) is 0 Å². The fourth-order valence-electron chi connectivity index (χ4n) is 4.18. The summed E-state index contributed by atoms with van der Waals surface area (Å²) in [4.78, 5) is 9.63. The van der Waals surface area contributed by atoms with Crippen LogP contribution in [0.3, 0.4) is 0 Å². The number of halogens is 1. The van der Waals surface area contributed by atoms with Gasteiger partial charge in [-0.25, -0.2) is 0 Å². The molecule has 3 aliphatic rings. The molecule has 1 saturated heterocycles. The minimum Gasteiger partial charge on any atom is -0.355 e. The van der Waals surface area contributed by atoms with Crippen LogP contribution in [-0.2, 0) is 13.1 Å². The monoisotopic (exact) mass is 511 g/mol. The average molecular weight is 511 g/mol. The average Bonchev–Trinajstić information content (AvgIpc) is 3.65. The Bertz CT molecular complexity index is 633. The second-order valence-electron chi connectivity index (χ2n) is 8.82. The standard InChI is InChI=1S/C23H37N5.HI/c1-24-23(25-12-15-28(22-10-11-22)18-21-8-9-21)26-16-19-4-6-20(7-5-19)17-27-13-2-3-14-27;/h4-7,21-22H,2-3,8-18H2,1H3,(H2,24,25,26);1H. The summed E-state index contributed by atoms with van der Waals surface area (Å²) in [6.07, 6.45) is 8.38. The maximum absolute atomic E-state index is 4.39. The number of rotatable bonds is 10. The van der Waals surface area contributed by atoms with Gasteiger partial charge in [0.05, 0.1) is 0 Å². The lowest BCUT2D eigenvalue weighted by Crippen LogP contribution is -2.42. The van der Waals surface area contributed by atoms with E-state index in [0.29, 0.717) is 0 Å². The van der Waals surface area contributed by atoms with Crippen molar-refractivity contribution in [1.29, 1.82) is 0 Å². The van der Waals surface area contributed by atoms with Crippen molar-refractivity contribution < 1.29 is 0 Å². The minimum atomic E-state index is 0. The largest absolute Gasteiger partial charge is 0.355 e. The molecule has 1 aromatic rings. The van der Waals surface area contributed by atoms with Crippen LogP contribution in [0.15, 0.2) is 29.3 Å². The van der Waals surface area contributed by atoms with Crippen LogP contribution in [0.25, 0.3) is 0 Å². The molecule has 0 spiro atoms. The Labute approximate surface area is 193 Å². The van der Waals surface area contributed by atoms with Crippen molar-refractivity contribution in [3.05, 3.63) is 35.4 Å². The van der Waals surface area contributed by atoms with E-state index in [0.717, 1.165) is 44.1 Å². The first-order valence-electron chi connectivity index (χ1n) is 11.3. The molecular formula is C23H38IN5. The molecule has 2 saturated carbocycles. The van der Waals surface area contributed by atoms with Gasteiger partial charge in [-0.2, -0.15) is 0 Å². The molecule has 4 rings (SSSR count). The first-order chi connectivity index (χ1) is 13.8. The summed E-state index contributed by atoms with van der Waals surface area (Å²) in [5.74, 6) is 1.88. The van der Waals surface area contributed by atoms with E-state index in [9.17, 15) is 0 Å². The number of likely N-dealkylation sites (tertiary alicyclic amines) is 1. The lowest BCUT2D eigenvalue weighted by atomic mass is 10.1. The Balaban J connectivity index is 0.00000240. The van der Waals surface area contributed by atoms with E-state index >= 15 is 0 Å². The second kappa shape index (κ2) is 11.5. The topological polar surface area (TPSA) is 42.9 Å². The van der Waals surface area contributed by atoms with Gasteiger partial charge in [-0.3, -0.25) is 14.8 Å². The molecule has 2 aliphatic carbocycles. The number of benzene rings is 1. The number of nitrogens with one attached hydrogen (secondary N) is 2. The summed E-state index contributed by atoms with van der Waals surface area (Å²) < 4.78 is 0. The second-order valence-corrected chi connectivity index (χ2v) is 8.82. The van der Waals surface area contributed by atoms with Gasteiger partial charge >= 0.3 is 0 Å². The van der Waals surface area contributed by atoms with Crippen molar-refractivity contribution in [2.75, 3.05) is 39.8 Å². The van der Waals surface area contributed by atoms with Crippen LogP contribution in [0.2, 0.25) is 0 Å². The highest BCUT2D eigenvalue weighted by Gasteiger charge is 2.33. The maximum Gasteiger partial charge on any atom is 0.191 e. The Morgan fingerprint density at radius 3 is 2.34 bits per heavy atom. The molecule has 1 aromatic carbocycles. The molecule has 1 aliphatic heterocycles. The summed E-state index contributed by atoms with van der Waals surface area (Å²) >= 11 is 0. The molecule has 3 fully saturated rings. The molecule has 0 amide bonds. The fraction of sp³-hybridized carbons (Fsp3) is 0.696. The Hall–Kier alpha value is -0.860. The number of aliphatic imine (C=N–C) groups is 1. The molecule has 29 heavy (non-hydrogen) atoms. The van der Waals surface area contributed by atoms with Gasteiger partial charge in [-0.05, 0) is 68.7 Å². The third kappa shape index (κ3) is 7.72. The van der Waals surface area contributed by atoms with E-state index in [1.165, 1.54) is 69.3 Å². The summed E-state index contributed by atoms with van der Waals surface area (Å²) in [5.41, 5.74) is 2.73. The molecule has 0 unspecified atom stereocenters. The minimum absolute atomic E-state index is 0. The summed E-state index contributed by atoms with van der Waals surface area (Å²) in [7, 11) is 1.86. The molecule has 2 N–H and O–H groups in total. The Morgan fingerprint density at radius 1 is 1.03 bits per heavy atom. The van der Waals surface area contributed by atoms with E-state index in [2.05, 4.69) is 49.7 Å². The van der Waals surface area contributed by atoms with Crippen molar-refractivity contribution in [2.24, 2.45) is 10.9 Å². The third-order valence-electron chi connectivity index (χ3n) is 6.26. The van der Waals surface area contributed by atoms with Gasteiger partial charge in [0, 0.05) is 45.8 Å². The van der Waals surface area contributed by atoms with E-state index < -0.39 is 0 Å². The zero-order chi connectivity index (χ0) is 19.2. The van der Waals surface area contributed by atoms with Crippen molar-refractivity contribution in [2.45, 2.75) is 57.7 Å². The van der Waals surface area contributed by atoms with Crippen LogP contribution in [0.1, 0.15) is 49.7 Å². The van der Waals surface area contributed by atoms with Crippen LogP contribution in [0, 0.1) is 5.92 Å². The molecule has 0 atom stereocenters. The number of nitrogens with zero attached hydrogens (tertiary/aromatic N) is 3. The quantitative estimate of drug-likeness (QED) is 0.287. The summed E-state index contributed by atoms with van der Waals surface area (Å²) in [6.45, 7) is 7.83. The maximum atomic E-state index is 4.39. The first-order valence-corrected chi connectivity index (χ1v) is 11.3. The van der Waals surface area contributed by atoms with Crippen molar-refractivity contribution in [1.82, 2.24) is 20.4 Å². The number of hydrogen-bond acceptors (Lipinski definition) is 3. The van der Waals surface area contributed by atoms with Gasteiger partial charge in [0.1, 0.15) is 0 Å². The highest BCUT2D eigenvalue weighted by atomic mass is 127. The molecule has 6 heteroatoms. The third-order valence-corrected chi connectivity index (χ3v) is 6.26. The smallest absolute Gasteiger partial charge is 0.191 e. The van der Waals surface area contributed by atoms with Gasteiger partial charge in [0.25, 0.3) is 0 Å². The normalized spacial score (nSPS) is 20.0. The predicted molar refractivity (Wildman–Crippen MR) is 132 cm³/mol. The molecule has 0 bridgehead atoms. The van der Waals surface area contributed by atoms with Gasteiger partial charge in [-0.15, -0.1) is 24.0 Å². The molecule has 1 heterocycles. The summed E-state index contributed by atoms with van der Waals surface area (Å²) in [6, 6.07) is 9.90. The highest BCUT2D eigenvalue weighted by Crippen LogP contribution is 2.34. The lowest BCUT2D eigenvalue weighted by Gasteiger charge is -2.22. The zero-order valence-corrected chi connectivity index (χ0v) is 20.2. The predicted octanol–water partition coefficient (Wildman–Crippen LogP) is 3.44. The first kappa shape index (κ1) is 22.8. The van der Waals surface area contributed by atoms with Crippen molar-refractivity contribution in [3.63, 3.8) is 0 Å². The SMILES string of the molecule is CN=C(NCCN(CC1CC1)C1CC1)NCc1ccc(CN2CCCC2)cc1.I. The van der Waals surface area contributed by atoms with Crippen LogP contribution < -0.4 is 10.6 Å². The fourth-order valence-corrected chi connectivity index (χ4v) is 4.18. The summed E-state index contributed by atoms with van der Waals surface area (Å²) in [5, 5.41) is 6.96.